The molecule has 0 N–H and O–H groups in total. The molecule has 0 amide bonds. The molecule has 0 radical (unpaired) electrons. The van der Waals surface area contributed by atoms with Crippen LogP contribution in [0.25, 0.3) is 5.69 Å². The number of benzene rings is 1. The van der Waals surface area contributed by atoms with Crippen molar-refractivity contribution in [3.63, 3.8) is 0 Å². The fraction of sp³-hybridized carbons (Fsp3) is 0.240. The number of hydrogen-bond acceptors (Lipinski definition) is 5. The Morgan fingerprint density at radius 3 is 2.44 bits per heavy atom. The molecule has 0 atom stereocenters. The van der Waals surface area contributed by atoms with Crippen LogP contribution in [0.5, 0.6) is 0 Å². The zero-order chi connectivity index (χ0) is 22.2. The van der Waals surface area contributed by atoms with E-state index in [1.54, 1.807) is 18.7 Å². The minimum Gasteiger partial charge on any atom is -1.00 e. The lowest BCUT2D eigenvalue weighted by Crippen LogP contribution is -3.00. The maximum absolute atomic E-state index is 13.4. The zero-order valence-corrected chi connectivity index (χ0v) is 22.1. The predicted molar refractivity (Wildman–Crippen MR) is 126 cm³/mol. The lowest BCUT2D eigenvalue weighted by atomic mass is 10.0. The Hall–Kier alpha value is -1.97. The Labute approximate surface area is 214 Å². The number of esters is 1. The van der Waals surface area contributed by atoms with Gasteiger partial charge in [-0.2, -0.15) is 4.57 Å². The lowest BCUT2D eigenvalue weighted by molar-refractivity contribution is -0.598. The van der Waals surface area contributed by atoms with E-state index >= 15 is 0 Å². The van der Waals surface area contributed by atoms with Crippen molar-refractivity contribution in [2.75, 3.05) is 12.4 Å². The third-order valence-corrected chi connectivity index (χ3v) is 7.05. The van der Waals surface area contributed by atoms with Crippen LogP contribution in [0.4, 0.5) is 0 Å². The number of carbonyl (C=O) groups excluding carboxylic acids is 2. The van der Waals surface area contributed by atoms with Gasteiger partial charge in [0.1, 0.15) is 4.21 Å². The van der Waals surface area contributed by atoms with Gasteiger partial charge in [-0.1, -0.05) is 42.5 Å². The minimum absolute atomic E-state index is 0. The third-order valence-electron chi connectivity index (χ3n) is 4.62. The molecule has 3 aromatic rings. The average Bonchev–Trinajstić information content (AvgIpc) is 3.12. The van der Waals surface area contributed by atoms with E-state index in [1.807, 2.05) is 79.3 Å². The molecule has 168 valence electrons. The summed E-state index contributed by atoms with van der Waals surface area (Å²) in [5, 5.41) is 0. The molecule has 0 aliphatic heterocycles. The van der Waals surface area contributed by atoms with Gasteiger partial charge in [0.25, 0.3) is 0 Å². The second-order valence-electron chi connectivity index (χ2n) is 6.89. The number of nitrogens with zero attached hydrogens (tertiary/aromatic N) is 1. The van der Waals surface area contributed by atoms with Gasteiger partial charge in [0, 0.05) is 23.4 Å². The summed E-state index contributed by atoms with van der Waals surface area (Å²) in [6, 6.07) is 13.2. The van der Waals surface area contributed by atoms with E-state index in [4.69, 9.17) is 4.74 Å². The number of allylic oxidation sites excluding steroid dienone is 1. The van der Waals surface area contributed by atoms with Crippen molar-refractivity contribution >= 4 is 34.9 Å². The van der Waals surface area contributed by atoms with Crippen molar-refractivity contribution in [2.24, 2.45) is 0 Å². The van der Waals surface area contributed by atoms with E-state index in [9.17, 15) is 9.59 Å². The van der Waals surface area contributed by atoms with Gasteiger partial charge in [-0.05, 0) is 26.3 Å². The normalized spacial score (nSPS) is 10.7. The zero-order valence-electron chi connectivity index (χ0n) is 18.3. The number of ketones is 1. The number of aryl methyl sites for hydroxylation is 1. The van der Waals surface area contributed by atoms with Gasteiger partial charge in [0.15, 0.2) is 12.4 Å². The maximum atomic E-state index is 13.4. The summed E-state index contributed by atoms with van der Waals surface area (Å²) in [4.78, 5) is 26.5. The number of carbonyl (C=O) groups is 2. The first-order chi connectivity index (χ1) is 15.0. The van der Waals surface area contributed by atoms with E-state index in [0.717, 1.165) is 21.2 Å². The van der Waals surface area contributed by atoms with Crippen molar-refractivity contribution in [1.29, 1.82) is 0 Å². The summed E-state index contributed by atoms with van der Waals surface area (Å²) in [6.07, 6.45) is 8.09. The largest absolute Gasteiger partial charge is 1.00 e. The first kappa shape index (κ1) is 26.3. The van der Waals surface area contributed by atoms with Gasteiger partial charge in [0.2, 0.25) is 11.5 Å². The molecule has 0 saturated heterocycles. The van der Waals surface area contributed by atoms with Crippen LogP contribution in [-0.4, -0.2) is 24.1 Å². The number of thiophene rings is 1. The highest BCUT2D eigenvalue weighted by atomic mass is 127. The van der Waals surface area contributed by atoms with Crippen molar-refractivity contribution in [3.05, 3.63) is 88.6 Å². The molecule has 4 nitrogen and oxygen atoms in total. The highest BCUT2D eigenvalue weighted by Gasteiger charge is 2.31. The molecule has 2 heterocycles. The van der Waals surface area contributed by atoms with Crippen LogP contribution in [0.2, 0.25) is 0 Å². The molecular formula is C25H26INO3S2. The van der Waals surface area contributed by atoms with Gasteiger partial charge in [-0.3, -0.25) is 9.59 Å². The molecule has 0 saturated carbocycles. The molecule has 0 unspecified atom stereocenters. The Morgan fingerprint density at radius 1 is 1.12 bits per heavy atom. The van der Waals surface area contributed by atoms with Crippen LogP contribution in [0.1, 0.15) is 40.2 Å². The molecule has 0 aliphatic rings. The standard InChI is InChI=1S/C25H26NO3S2.HI/c1-4-6-16-30-25-22(26-14-12-18(3)13-15-26)20(17-21(27)29-5-2)24(31-25)23(28)19-10-8-7-9-11-19;/h4,6-15H,5,16-17H2,1-3H3;1H/q+1;/p-1/b6-4+;. The van der Waals surface area contributed by atoms with Crippen LogP contribution in [0.3, 0.4) is 0 Å². The Morgan fingerprint density at radius 2 is 1.81 bits per heavy atom. The van der Waals surface area contributed by atoms with E-state index in [-0.39, 0.29) is 42.2 Å². The maximum Gasteiger partial charge on any atom is 0.310 e. The van der Waals surface area contributed by atoms with Crippen molar-refractivity contribution < 1.29 is 42.9 Å². The van der Waals surface area contributed by atoms with Crippen molar-refractivity contribution in [1.82, 2.24) is 0 Å². The van der Waals surface area contributed by atoms with Crippen LogP contribution >= 0.6 is 23.1 Å². The van der Waals surface area contributed by atoms with Crippen LogP contribution in [0, 0.1) is 6.92 Å². The van der Waals surface area contributed by atoms with Gasteiger partial charge >= 0.3 is 5.97 Å². The molecular weight excluding hydrogens is 553 g/mol. The predicted octanol–water partition coefficient (Wildman–Crippen LogP) is 2.34. The first-order valence-corrected chi connectivity index (χ1v) is 12.0. The molecule has 32 heavy (non-hydrogen) atoms. The minimum atomic E-state index is -0.332. The molecule has 0 aliphatic carbocycles. The summed E-state index contributed by atoms with van der Waals surface area (Å²) in [5.41, 5.74) is 3.35. The van der Waals surface area contributed by atoms with Crippen LogP contribution in [-0.2, 0) is 16.0 Å². The number of ether oxygens (including phenoxy) is 1. The van der Waals surface area contributed by atoms with Crippen molar-refractivity contribution in [3.8, 4) is 5.69 Å². The summed E-state index contributed by atoms with van der Waals surface area (Å²) < 4.78 is 8.23. The topological polar surface area (TPSA) is 47.3 Å². The average molecular weight is 580 g/mol. The molecule has 3 rings (SSSR count). The Bertz CT molecular complexity index is 1080. The quantitative estimate of drug-likeness (QED) is 0.0976. The monoisotopic (exact) mass is 579 g/mol. The second-order valence-corrected chi connectivity index (χ2v) is 9.19. The fourth-order valence-electron chi connectivity index (χ4n) is 3.09. The second kappa shape index (κ2) is 12.9. The van der Waals surface area contributed by atoms with Crippen LogP contribution < -0.4 is 28.5 Å². The summed E-state index contributed by atoms with van der Waals surface area (Å²) in [5.74, 6) is 0.381. The van der Waals surface area contributed by atoms with Gasteiger partial charge < -0.3 is 28.7 Å². The van der Waals surface area contributed by atoms with Gasteiger partial charge in [-0.25, -0.2) is 0 Å². The summed E-state index contributed by atoms with van der Waals surface area (Å²) in [7, 11) is 0. The van der Waals surface area contributed by atoms with Crippen LogP contribution in [0.15, 0.2) is 71.2 Å². The number of hydrogen-bond donors (Lipinski definition) is 0. The Kier molecular flexibility index (Phi) is 10.6. The van der Waals surface area contributed by atoms with Gasteiger partial charge in [-0.15, -0.1) is 23.1 Å². The number of rotatable bonds is 9. The lowest BCUT2D eigenvalue weighted by Gasteiger charge is -2.05. The number of halogens is 1. The van der Waals surface area contributed by atoms with E-state index in [1.165, 1.54) is 11.3 Å². The molecule has 0 bridgehead atoms. The van der Waals surface area contributed by atoms with E-state index in [0.29, 0.717) is 22.6 Å². The summed E-state index contributed by atoms with van der Waals surface area (Å²) >= 11 is 3.11. The smallest absolute Gasteiger partial charge is 0.310 e. The van der Waals surface area contributed by atoms with Crippen molar-refractivity contribution in [2.45, 2.75) is 31.4 Å². The molecule has 1 aromatic carbocycles. The Balaban J connectivity index is 0.00000363. The summed E-state index contributed by atoms with van der Waals surface area (Å²) in [6.45, 7) is 6.11. The highest BCUT2D eigenvalue weighted by molar-refractivity contribution is 8.01. The van der Waals surface area contributed by atoms with Gasteiger partial charge in [0.05, 0.1) is 23.5 Å². The van der Waals surface area contributed by atoms with E-state index in [2.05, 4.69) is 6.08 Å². The molecule has 7 heteroatoms. The molecule has 2 aromatic heterocycles. The SMILES string of the molecule is C/C=C/CSc1sc(C(=O)c2ccccc2)c(CC(=O)OCC)c1-[n+]1ccc(C)cc1.[I-]. The first-order valence-electron chi connectivity index (χ1n) is 10.2. The number of aromatic nitrogens is 1. The molecule has 0 fully saturated rings. The number of pyridine rings is 1. The molecule has 0 spiro atoms. The van der Waals surface area contributed by atoms with E-state index < -0.39 is 0 Å². The number of thioether (sulfide) groups is 1. The fourth-order valence-corrected chi connectivity index (χ4v) is 5.60. The highest BCUT2D eigenvalue weighted by Crippen LogP contribution is 2.38. The third kappa shape index (κ3) is 6.52.